The second-order valence-corrected chi connectivity index (χ2v) is 5.77. The van der Waals surface area contributed by atoms with Gasteiger partial charge in [0, 0.05) is 23.5 Å². The van der Waals surface area contributed by atoms with Crippen LogP contribution >= 0.6 is 0 Å². The van der Waals surface area contributed by atoms with Crippen molar-refractivity contribution in [1.29, 1.82) is 0 Å². The highest BCUT2D eigenvalue weighted by Crippen LogP contribution is 2.29. The molecule has 0 atom stereocenters. The van der Waals surface area contributed by atoms with E-state index in [0.29, 0.717) is 5.95 Å². The van der Waals surface area contributed by atoms with Crippen LogP contribution in [0.5, 0.6) is 11.5 Å². The van der Waals surface area contributed by atoms with Crippen molar-refractivity contribution in [3.8, 4) is 22.8 Å². The molecule has 5 nitrogen and oxygen atoms in total. The highest BCUT2D eigenvalue weighted by Gasteiger charge is 2.09. The van der Waals surface area contributed by atoms with Crippen LogP contribution in [0.15, 0.2) is 48.7 Å². The SMILES string of the molecule is COc1cccc(Nc2nccc(-c3cc(C)c(OC)c(C)c3)n2)c1. The summed E-state index contributed by atoms with van der Waals surface area (Å²) < 4.78 is 10.7. The molecule has 0 bridgehead atoms. The van der Waals surface area contributed by atoms with Crippen LogP contribution in [0.3, 0.4) is 0 Å². The molecule has 3 rings (SSSR count). The smallest absolute Gasteiger partial charge is 0.227 e. The standard InChI is InChI=1S/C20H21N3O2/c1-13-10-15(11-14(2)19(13)25-4)18-8-9-21-20(23-18)22-16-6-5-7-17(12-16)24-3/h5-12H,1-4H3,(H,21,22,23). The number of nitrogens with zero attached hydrogens (tertiary/aromatic N) is 2. The first-order valence-electron chi connectivity index (χ1n) is 8.00. The Morgan fingerprint density at radius 2 is 1.68 bits per heavy atom. The first-order valence-corrected chi connectivity index (χ1v) is 8.00. The van der Waals surface area contributed by atoms with E-state index in [2.05, 4.69) is 27.4 Å². The lowest BCUT2D eigenvalue weighted by Gasteiger charge is -2.12. The lowest BCUT2D eigenvalue weighted by Crippen LogP contribution is -1.99. The molecule has 0 aliphatic rings. The van der Waals surface area contributed by atoms with Crippen LogP contribution in [-0.2, 0) is 0 Å². The van der Waals surface area contributed by atoms with Crippen LogP contribution in [-0.4, -0.2) is 24.2 Å². The Morgan fingerprint density at radius 1 is 0.920 bits per heavy atom. The van der Waals surface area contributed by atoms with Crippen LogP contribution in [0.2, 0.25) is 0 Å². The summed E-state index contributed by atoms with van der Waals surface area (Å²) in [5.74, 6) is 2.23. The van der Waals surface area contributed by atoms with Gasteiger partial charge in [-0.15, -0.1) is 0 Å². The van der Waals surface area contributed by atoms with Gasteiger partial charge in [0.2, 0.25) is 5.95 Å². The van der Waals surface area contributed by atoms with Gasteiger partial charge < -0.3 is 14.8 Å². The average Bonchev–Trinajstić information content (AvgIpc) is 2.62. The van der Waals surface area contributed by atoms with Gasteiger partial charge in [-0.1, -0.05) is 6.07 Å². The maximum Gasteiger partial charge on any atom is 0.227 e. The fourth-order valence-electron chi connectivity index (χ4n) is 2.83. The monoisotopic (exact) mass is 335 g/mol. The van der Waals surface area contributed by atoms with E-state index in [0.717, 1.165) is 39.6 Å². The second-order valence-electron chi connectivity index (χ2n) is 5.77. The number of hydrogen-bond donors (Lipinski definition) is 1. The lowest BCUT2D eigenvalue weighted by molar-refractivity contribution is 0.408. The minimum Gasteiger partial charge on any atom is -0.497 e. The Hall–Kier alpha value is -3.08. The number of hydrogen-bond acceptors (Lipinski definition) is 5. The molecule has 0 aliphatic carbocycles. The summed E-state index contributed by atoms with van der Waals surface area (Å²) in [4.78, 5) is 8.93. The molecule has 0 aliphatic heterocycles. The molecular formula is C20H21N3O2. The zero-order valence-electron chi connectivity index (χ0n) is 14.8. The largest absolute Gasteiger partial charge is 0.497 e. The van der Waals surface area contributed by atoms with Crippen molar-refractivity contribution in [2.75, 3.05) is 19.5 Å². The predicted molar refractivity (Wildman–Crippen MR) is 99.8 cm³/mol. The van der Waals surface area contributed by atoms with Crippen LogP contribution < -0.4 is 14.8 Å². The van der Waals surface area contributed by atoms with Gasteiger partial charge in [0.25, 0.3) is 0 Å². The normalized spacial score (nSPS) is 10.4. The molecular weight excluding hydrogens is 314 g/mol. The number of nitrogens with one attached hydrogen (secondary N) is 1. The van der Waals surface area contributed by atoms with Gasteiger partial charge in [-0.3, -0.25) is 0 Å². The molecule has 0 fully saturated rings. The molecule has 5 heteroatoms. The summed E-state index contributed by atoms with van der Waals surface area (Å²) in [7, 11) is 3.33. The Labute approximate surface area is 147 Å². The van der Waals surface area contributed by atoms with Crippen molar-refractivity contribution >= 4 is 11.6 Å². The Balaban J connectivity index is 1.91. The summed E-state index contributed by atoms with van der Waals surface area (Å²) in [5.41, 5.74) is 4.93. The molecule has 2 aromatic carbocycles. The fourth-order valence-corrected chi connectivity index (χ4v) is 2.83. The highest BCUT2D eigenvalue weighted by molar-refractivity contribution is 5.66. The van der Waals surface area contributed by atoms with Gasteiger partial charge in [0.1, 0.15) is 11.5 Å². The number of methoxy groups -OCH3 is 2. The van der Waals surface area contributed by atoms with Crippen molar-refractivity contribution in [2.45, 2.75) is 13.8 Å². The van der Waals surface area contributed by atoms with E-state index < -0.39 is 0 Å². The van der Waals surface area contributed by atoms with Gasteiger partial charge in [0.15, 0.2) is 0 Å². The maximum absolute atomic E-state index is 5.43. The Bertz CT molecular complexity index is 871. The topological polar surface area (TPSA) is 56.3 Å². The van der Waals surface area contributed by atoms with E-state index in [1.165, 1.54) is 0 Å². The number of rotatable bonds is 5. The van der Waals surface area contributed by atoms with Gasteiger partial charge in [0.05, 0.1) is 19.9 Å². The molecule has 0 radical (unpaired) electrons. The van der Waals surface area contributed by atoms with Crippen molar-refractivity contribution in [3.63, 3.8) is 0 Å². The molecule has 25 heavy (non-hydrogen) atoms. The molecule has 0 amide bonds. The third kappa shape index (κ3) is 3.71. The quantitative estimate of drug-likeness (QED) is 0.743. The van der Waals surface area contributed by atoms with Gasteiger partial charge in [-0.25, -0.2) is 9.97 Å². The number of anilines is 2. The number of aryl methyl sites for hydroxylation is 2. The molecule has 0 spiro atoms. The van der Waals surface area contributed by atoms with Gasteiger partial charge in [-0.05, 0) is 55.3 Å². The van der Waals surface area contributed by atoms with E-state index in [1.54, 1.807) is 20.4 Å². The van der Waals surface area contributed by atoms with Gasteiger partial charge >= 0.3 is 0 Å². The highest BCUT2D eigenvalue weighted by atomic mass is 16.5. The minimum absolute atomic E-state index is 0.539. The molecule has 1 heterocycles. The van der Waals surface area contributed by atoms with Crippen molar-refractivity contribution in [3.05, 3.63) is 59.8 Å². The molecule has 0 unspecified atom stereocenters. The summed E-state index contributed by atoms with van der Waals surface area (Å²) >= 11 is 0. The predicted octanol–water partition coefficient (Wildman–Crippen LogP) is 4.52. The third-order valence-electron chi connectivity index (χ3n) is 3.94. The summed E-state index contributed by atoms with van der Waals surface area (Å²) in [6.07, 6.45) is 1.75. The zero-order valence-corrected chi connectivity index (χ0v) is 14.8. The van der Waals surface area contributed by atoms with E-state index in [1.807, 2.05) is 44.2 Å². The van der Waals surface area contributed by atoms with Crippen LogP contribution in [0.25, 0.3) is 11.3 Å². The summed E-state index contributed by atoms with van der Waals surface area (Å²) in [6, 6.07) is 13.7. The van der Waals surface area contributed by atoms with Crippen molar-refractivity contribution in [1.82, 2.24) is 9.97 Å². The van der Waals surface area contributed by atoms with Crippen molar-refractivity contribution < 1.29 is 9.47 Å². The first kappa shape index (κ1) is 16.8. The van der Waals surface area contributed by atoms with E-state index in [9.17, 15) is 0 Å². The average molecular weight is 335 g/mol. The number of ether oxygens (including phenoxy) is 2. The summed E-state index contributed by atoms with van der Waals surface area (Å²) in [5, 5.41) is 3.21. The second kappa shape index (κ2) is 7.21. The van der Waals surface area contributed by atoms with Gasteiger partial charge in [-0.2, -0.15) is 0 Å². The van der Waals surface area contributed by atoms with Crippen LogP contribution in [0.4, 0.5) is 11.6 Å². The Morgan fingerprint density at radius 3 is 2.36 bits per heavy atom. The third-order valence-corrected chi connectivity index (χ3v) is 3.94. The zero-order chi connectivity index (χ0) is 17.8. The molecule has 128 valence electrons. The minimum atomic E-state index is 0.539. The van der Waals surface area contributed by atoms with Crippen LogP contribution in [0, 0.1) is 13.8 Å². The Kier molecular flexibility index (Phi) is 4.84. The molecule has 0 saturated heterocycles. The van der Waals surface area contributed by atoms with E-state index in [-0.39, 0.29) is 0 Å². The summed E-state index contributed by atoms with van der Waals surface area (Å²) in [6.45, 7) is 4.07. The molecule has 0 saturated carbocycles. The van der Waals surface area contributed by atoms with E-state index in [4.69, 9.17) is 9.47 Å². The van der Waals surface area contributed by atoms with E-state index >= 15 is 0 Å². The lowest BCUT2D eigenvalue weighted by atomic mass is 10.0. The fraction of sp³-hybridized carbons (Fsp3) is 0.200. The number of aromatic nitrogens is 2. The van der Waals surface area contributed by atoms with Crippen LogP contribution in [0.1, 0.15) is 11.1 Å². The first-order chi connectivity index (χ1) is 12.1. The molecule has 1 N–H and O–H groups in total. The maximum atomic E-state index is 5.43. The van der Waals surface area contributed by atoms with Crippen molar-refractivity contribution in [2.24, 2.45) is 0 Å². The molecule has 1 aromatic heterocycles. The number of benzene rings is 2. The molecule has 3 aromatic rings.